The molecular formula is C45H50F2N4O6. The molecule has 4 aromatic rings. The van der Waals surface area contributed by atoms with E-state index in [4.69, 9.17) is 18.9 Å². The van der Waals surface area contributed by atoms with Gasteiger partial charge in [0.25, 0.3) is 0 Å². The Kier molecular flexibility index (Phi) is 11.6. The highest BCUT2D eigenvalue weighted by Gasteiger charge is 2.63. The molecule has 2 amide bonds. The van der Waals surface area contributed by atoms with Gasteiger partial charge in [0.15, 0.2) is 0 Å². The molecule has 12 heteroatoms. The number of methoxy groups -OCH3 is 1. The van der Waals surface area contributed by atoms with Crippen LogP contribution in [0.15, 0.2) is 91.0 Å². The van der Waals surface area contributed by atoms with Crippen LogP contribution in [0.25, 0.3) is 0 Å². The van der Waals surface area contributed by atoms with E-state index in [1.165, 1.54) is 18.2 Å². The quantitative estimate of drug-likeness (QED) is 0.144. The topological polar surface area (TPSA) is 84.0 Å². The second-order valence-electron chi connectivity index (χ2n) is 15.5. The molecule has 0 N–H and O–H groups in total. The molecule has 0 unspecified atom stereocenters. The molecule has 4 aliphatic rings. The summed E-state index contributed by atoms with van der Waals surface area (Å²) in [7, 11) is 1.57. The van der Waals surface area contributed by atoms with E-state index >= 15 is 4.39 Å². The van der Waals surface area contributed by atoms with E-state index in [2.05, 4.69) is 9.80 Å². The highest BCUT2D eigenvalue weighted by molar-refractivity contribution is 6.07. The van der Waals surface area contributed by atoms with Crippen molar-refractivity contribution in [2.75, 3.05) is 75.9 Å². The fraction of sp³-hybridized carbons (Fsp3) is 0.422. The number of amides is 2. The van der Waals surface area contributed by atoms with Gasteiger partial charge < -0.3 is 28.7 Å². The highest BCUT2D eigenvalue weighted by atomic mass is 19.1. The van der Waals surface area contributed by atoms with E-state index in [0.29, 0.717) is 80.8 Å². The third-order valence-electron chi connectivity index (χ3n) is 12.1. The summed E-state index contributed by atoms with van der Waals surface area (Å²) in [6, 6.07) is 26.2. The Morgan fingerprint density at radius 1 is 0.789 bits per heavy atom. The Labute approximate surface area is 332 Å². The molecule has 4 aliphatic heterocycles. The van der Waals surface area contributed by atoms with Crippen LogP contribution in [0.1, 0.15) is 48.4 Å². The first kappa shape index (κ1) is 38.7. The Morgan fingerprint density at radius 2 is 1.46 bits per heavy atom. The molecule has 0 bridgehead atoms. The molecule has 0 aliphatic carbocycles. The van der Waals surface area contributed by atoms with Crippen LogP contribution in [0.2, 0.25) is 0 Å². The molecule has 0 aromatic heterocycles. The van der Waals surface area contributed by atoms with E-state index in [0.717, 1.165) is 43.6 Å². The molecule has 1 atom stereocenters. The number of rotatable bonds is 11. The minimum absolute atomic E-state index is 0.120. The molecule has 0 radical (unpaired) electrons. The molecule has 8 rings (SSSR count). The Morgan fingerprint density at radius 3 is 2.12 bits per heavy atom. The maximum absolute atomic E-state index is 16.5. The minimum atomic E-state index is -0.823. The first-order chi connectivity index (χ1) is 27.8. The van der Waals surface area contributed by atoms with Gasteiger partial charge in [-0.05, 0) is 60.9 Å². The van der Waals surface area contributed by atoms with Gasteiger partial charge in [-0.1, -0.05) is 60.7 Å². The predicted octanol–water partition coefficient (Wildman–Crippen LogP) is 7.61. The molecule has 57 heavy (non-hydrogen) atoms. The number of halogens is 2. The zero-order chi connectivity index (χ0) is 39.4. The number of piperazine rings is 1. The number of hydrogen-bond acceptors (Lipinski definition) is 8. The number of carbonyl (C=O) groups excluding carboxylic acids is 2. The van der Waals surface area contributed by atoms with Crippen LogP contribution in [0.5, 0.6) is 11.5 Å². The van der Waals surface area contributed by atoms with E-state index in [1.54, 1.807) is 29.0 Å². The number of anilines is 2. The number of nitrogens with zero attached hydrogens (tertiary/aromatic N) is 4. The maximum Gasteiger partial charge on any atom is 0.410 e. The van der Waals surface area contributed by atoms with Gasteiger partial charge in [0.2, 0.25) is 5.91 Å². The van der Waals surface area contributed by atoms with Crippen LogP contribution in [-0.2, 0) is 27.5 Å². The van der Waals surface area contributed by atoms with Crippen molar-refractivity contribution in [2.45, 2.75) is 44.9 Å². The summed E-state index contributed by atoms with van der Waals surface area (Å²) in [5.41, 5.74) is 2.52. The van der Waals surface area contributed by atoms with Crippen LogP contribution >= 0.6 is 0 Å². The van der Waals surface area contributed by atoms with E-state index in [9.17, 15) is 14.0 Å². The minimum Gasteiger partial charge on any atom is -0.496 e. The predicted molar refractivity (Wildman–Crippen MR) is 212 cm³/mol. The number of hydrogen-bond donors (Lipinski definition) is 0. The fourth-order valence-corrected chi connectivity index (χ4v) is 8.94. The van der Waals surface area contributed by atoms with Gasteiger partial charge in [-0.15, -0.1) is 0 Å². The molecule has 4 saturated heterocycles. The lowest BCUT2D eigenvalue weighted by Crippen LogP contribution is -2.65. The van der Waals surface area contributed by atoms with E-state index < -0.39 is 17.3 Å². The molecule has 4 aromatic carbocycles. The van der Waals surface area contributed by atoms with E-state index in [1.807, 2.05) is 60.7 Å². The SMILES string of the molecule is COc1cc(N2CCC(CN3CCN(C(=O)OCc4ccccc4)CC3)CC2)c(F)cc1[C@@H]1N(c2ccc(F)cc2OCc2ccccc2)C(=O)C12CCOCC2. The summed E-state index contributed by atoms with van der Waals surface area (Å²) in [6.45, 7) is 6.45. The molecule has 10 nitrogen and oxygen atoms in total. The van der Waals surface area contributed by atoms with Gasteiger partial charge in [0.05, 0.1) is 29.9 Å². The molecule has 1 spiro atoms. The number of benzene rings is 4. The van der Waals surface area contributed by atoms with Gasteiger partial charge in [0, 0.05) is 76.7 Å². The Balaban J connectivity index is 0.937. The number of β-lactam (4-membered cyclic amide) rings is 1. The fourth-order valence-electron chi connectivity index (χ4n) is 8.94. The molecule has 4 heterocycles. The Bertz CT molecular complexity index is 2020. The van der Waals surface area contributed by atoms with Crippen molar-refractivity contribution in [3.63, 3.8) is 0 Å². The first-order valence-electron chi connectivity index (χ1n) is 20.0. The first-order valence-corrected chi connectivity index (χ1v) is 20.0. The lowest BCUT2D eigenvalue weighted by Gasteiger charge is -2.58. The summed E-state index contributed by atoms with van der Waals surface area (Å²) in [5.74, 6) is 0.213. The third-order valence-corrected chi connectivity index (χ3v) is 12.1. The van der Waals surface area contributed by atoms with Gasteiger partial charge in [-0.3, -0.25) is 14.6 Å². The second kappa shape index (κ2) is 17.1. The van der Waals surface area contributed by atoms with Crippen LogP contribution in [0.3, 0.4) is 0 Å². The average molecular weight is 781 g/mol. The lowest BCUT2D eigenvalue weighted by atomic mass is 9.62. The zero-order valence-electron chi connectivity index (χ0n) is 32.4. The van der Waals surface area contributed by atoms with Crippen molar-refractivity contribution in [3.8, 4) is 11.5 Å². The largest absolute Gasteiger partial charge is 0.496 e. The lowest BCUT2D eigenvalue weighted by molar-refractivity contribution is -0.149. The van der Waals surface area contributed by atoms with Gasteiger partial charge in [0.1, 0.15) is 36.3 Å². The summed E-state index contributed by atoms with van der Waals surface area (Å²) in [4.78, 5) is 34.8. The zero-order valence-corrected chi connectivity index (χ0v) is 32.4. The van der Waals surface area contributed by atoms with Gasteiger partial charge in [-0.25, -0.2) is 13.6 Å². The smallest absolute Gasteiger partial charge is 0.410 e. The van der Waals surface area contributed by atoms with Crippen molar-refractivity contribution in [1.29, 1.82) is 0 Å². The summed E-state index contributed by atoms with van der Waals surface area (Å²) < 4.78 is 54.5. The van der Waals surface area contributed by atoms with Crippen molar-refractivity contribution < 1.29 is 37.3 Å². The summed E-state index contributed by atoms with van der Waals surface area (Å²) in [5, 5.41) is 0. The monoisotopic (exact) mass is 780 g/mol. The van der Waals surface area contributed by atoms with E-state index in [-0.39, 0.29) is 36.8 Å². The second-order valence-corrected chi connectivity index (χ2v) is 15.5. The standard InChI is InChI=1S/C45H50F2N4O6/c1-54-40-28-39(49-18-14-32(15-19-49)29-48-20-22-50(23-21-48)44(53)57-31-34-10-6-3-7-11-34)37(47)27-36(40)42-45(16-24-55-25-17-45)43(52)51(42)38-13-12-35(46)26-41(38)56-30-33-8-4-2-5-9-33/h2-13,26-28,32,42H,14-25,29-31H2,1H3/t42-/m0/s1. The van der Waals surface area contributed by atoms with Crippen molar-refractivity contribution in [2.24, 2.45) is 11.3 Å². The molecule has 4 fully saturated rings. The van der Waals surface area contributed by atoms with Crippen molar-refractivity contribution in [1.82, 2.24) is 9.80 Å². The molecule has 300 valence electrons. The number of piperidine rings is 1. The van der Waals surface area contributed by atoms with Gasteiger partial charge in [-0.2, -0.15) is 0 Å². The number of ether oxygens (including phenoxy) is 4. The van der Waals surface area contributed by atoms with Crippen molar-refractivity contribution in [3.05, 3.63) is 119 Å². The van der Waals surface area contributed by atoms with Crippen molar-refractivity contribution >= 4 is 23.4 Å². The highest BCUT2D eigenvalue weighted by Crippen LogP contribution is 2.60. The maximum atomic E-state index is 16.5. The Hall–Kier alpha value is -5.20. The molecular weight excluding hydrogens is 731 g/mol. The van der Waals surface area contributed by atoms with Gasteiger partial charge >= 0.3 is 6.09 Å². The average Bonchev–Trinajstić information content (AvgIpc) is 3.25. The van der Waals surface area contributed by atoms with Crippen LogP contribution in [0, 0.1) is 23.0 Å². The third kappa shape index (κ3) is 8.15. The molecule has 0 saturated carbocycles. The van der Waals surface area contributed by atoms with Crippen LogP contribution < -0.4 is 19.3 Å². The van der Waals surface area contributed by atoms with Crippen LogP contribution in [0.4, 0.5) is 25.0 Å². The van der Waals surface area contributed by atoms with Crippen LogP contribution in [-0.4, -0.2) is 87.9 Å². The summed E-state index contributed by atoms with van der Waals surface area (Å²) in [6.07, 6.45) is 2.49. The number of carbonyl (C=O) groups is 2. The summed E-state index contributed by atoms with van der Waals surface area (Å²) >= 11 is 0. The normalized spacial score (nSPS) is 20.0.